The standard InChI is InChI=1S/C37H42ClN3O7S/c1-25(2)39-37(43)32(20-27-10-8-7-9-11-27)40(23-28-14-12-26(3)13-15-28)36(42)24-41(31-21-29(38)16-18-33(31)46-4)49(44,45)30-17-19-34(47-5)35(22-30)48-6/h7-19,21-22,25,32H,20,23-24H2,1-6H3,(H,39,43)/t32-/m0/s1. The molecule has 0 aliphatic heterocycles. The minimum Gasteiger partial charge on any atom is -0.495 e. The van der Waals surface area contributed by atoms with E-state index in [9.17, 15) is 18.0 Å². The van der Waals surface area contributed by atoms with Gasteiger partial charge in [0.15, 0.2) is 11.5 Å². The maximum Gasteiger partial charge on any atom is 0.265 e. The summed E-state index contributed by atoms with van der Waals surface area (Å²) in [5.74, 6) is -0.305. The number of nitrogens with zero attached hydrogens (tertiary/aromatic N) is 2. The lowest BCUT2D eigenvalue weighted by molar-refractivity contribution is -0.140. The number of nitrogens with one attached hydrogen (secondary N) is 1. The van der Waals surface area contributed by atoms with Crippen LogP contribution in [0.1, 0.15) is 30.5 Å². The molecule has 4 aromatic rings. The fourth-order valence-electron chi connectivity index (χ4n) is 5.30. The molecule has 0 spiro atoms. The predicted octanol–water partition coefficient (Wildman–Crippen LogP) is 6.03. The van der Waals surface area contributed by atoms with Crippen molar-refractivity contribution < 1.29 is 32.2 Å². The number of benzene rings is 4. The molecule has 0 aliphatic rings. The zero-order chi connectivity index (χ0) is 35.7. The summed E-state index contributed by atoms with van der Waals surface area (Å²) in [5.41, 5.74) is 2.67. The summed E-state index contributed by atoms with van der Waals surface area (Å²) < 4.78 is 46.3. The van der Waals surface area contributed by atoms with E-state index in [1.165, 1.54) is 56.6 Å². The van der Waals surface area contributed by atoms with Gasteiger partial charge in [-0.15, -0.1) is 0 Å². The fourth-order valence-corrected chi connectivity index (χ4v) is 6.90. The highest BCUT2D eigenvalue weighted by Gasteiger charge is 2.36. The van der Waals surface area contributed by atoms with E-state index in [2.05, 4.69) is 5.32 Å². The maximum atomic E-state index is 14.7. The minimum absolute atomic E-state index is 0.0407. The smallest absolute Gasteiger partial charge is 0.265 e. The van der Waals surface area contributed by atoms with E-state index in [4.69, 9.17) is 25.8 Å². The Morgan fingerprint density at radius 3 is 2.04 bits per heavy atom. The zero-order valence-electron chi connectivity index (χ0n) is 28.5. The second-order valence-electron chi connectivity index (χ2n) is 11.7. The Kier molecular flexibility index (Phi) is 12.5. The largest absolute Gasteiger partial charge is 0.495 e. The van der Waals surface area contributed by atoms with Crippen molar-refractivity contribution in [1.29, 1.82) is 0 Å². The van der Waals surface area contributed by atoms with Gasteiger partial charge in [0.05, 0.1) is 31.9 Å². The molecule has 1 N–H and O–H groups in total. The molecule has 4 rings (SSSR count). The molecule has 0 radical (unpaired) electrons. The lowest BCUT2D eigenvalue weighted by Gasteiger charge is -2.34. The lowest BCUT2D eigenvalue weighted by atomic mass is 10.0. The molecule has 260 valence electrons. The van der Waals surface area contributed by atoms with E-state index in [0.717, 1.165) is 21.0 Å². The lowest BCUT2D eigenvalue weighted by Crippen LogP contribution is -2.54. The number of amides is 2. The number of sulfonamides is 1. The van der Waals surface area contributed by atoms with Crippen molar-refractivity contribution in [1.82, 2.24) is 10.2 Å². The Morgan fingerprint density at radius 2 is 1.43 bits per heavy atom. The number of aryl methyl sites for hydroxylation is 1. The normalized spacial score (nSPS) is 11.8. The van der Waals surface area contributed by atoms with E-state index < -0.39 is 28.5 Å². The molecular weight excluding hydrogens is 666 g/mol. The first kappa shape index (κ1) is 37.1. The van der Waals surface area contributed by atoms with Crippen LogP contribution in [0, 0.1) is 6.92 Å². The molecule has 0 heterocycles. The van der Waals surface area contributed by atoms with Gasteiger partial charge < -0.3 is 24.4 Å². The molecule has 1 atom stereocenters. The van der Waals surface area contributed by atoms with Crippen molar-refractivity contribution in [3.63, 3.8) is 0 Å². The Balaban J connectivity index is 1.88. The topological polar surface area (TPSA) is 114 Å². The van der Waals surface area contributed by atoms with Crippen molar-refractivity contribution in [2.24, 2.45) is 0 Å². The Bertz CT molecular complexity index is 1850. The summed E-state index contributed by atoms with van der Waals surface area (Å²) in [6.07, 6.45) is 0.194. The molecule has 0 aromatic heterocycles. The monoisotopic (exact) mass is 707 g/mol. The van der Waals surface area contributed by atoms with Gasteiger partial charge in [0.25, 0.3) is 10.0 Å². The van der Waals surface area contributed by atoms with Crippen LogP contribution >= 0.6 is 11.6 Å². The molecule has 0 aliphatic carbocycles. The summed E-state index contributed by atoms with van der Waals surface area (Å²) in [4.78, 5) is 29.9. The van der Waals surface area contributed by atoms with Crippen LogP contribution in [0.3, 0.4) is 0 Å². The number of halogens is 1. The molecular formula is C37H42ClN3O7S. The highest BCUT2D eigenvalue weighted by Crippen LogP contribution is 2.37. The molecule has 12 heteroatoms. The fraction of sp³-hybridized carbons (Fsp3) is 0.297. The summed E-state index contributed by atoms with van der Waals surface area (Å²) in [6.45, 7) is 4.99. The van der Waals surface area contributed by atoms with Gasteiger partial charge in [0.1, 0.15) is 18.3 Å². The first-order valence-electron chi connectivity index (χ1n) is 15.7. The third-order valence-corrected chi connectivity index (χ3v) is 9.80. The second-order valence-corrected chi connectivity index (χ2v) is 14.0. The van der Waals surface area contributed by atoms with Crippen molar-refractivity contribution >= 4 is 39.1 Å². The quantitative estimate of drug-likeness (QED) is 0.160. The van der Waals surface area contributed by atoms with E-state index in [0.29, 0.717) is 5.75 Å². The van der Waals surface area contributed by atoms with Gasteiger partial charge in [-0.2, -0.15) is 0 Å². The highest BCUT2D eigenvalue weighted by atomic mass is 35.5. The zero-order valence-corrected chi connectivity index (χ0v) is 30.0. The number of carbonyl (C=O) groups excluding carboxylic acids is 2. The summed E-state index contributed by atoms with van der Waals surface area (Å²) >= 11 is 6.39. The average Bonchev–Trinajstić information content (AvgIpc) is 3.09. The molecule has 10 nitrogen and oxygen atoms in total. The molecule has 49 heavy (non-hydrogen) atoms. The Hall–Kier alpha value is -4.74. The van der Waals surface area contributed by atoms with Crippen LogP contribution in [-0.4, -0.2) is 65.1 Å². The van der Waals surface area contributed by atoms with Crippen LogP contribution in [-0.2, 0) is 32.6 Å². The van der Waals surface area contributed by atoms with Gasteiger partial charge in [0, 0.05) is 30.1 Å². The summed E-state index contributed by atoms with van der Waals surface area (Å²) in [6, 6.07) is 24.4. The van der Waals surface area contributed by atoms with Gasteiger partial charge >= 0.3 is 0 Å². The van der Waals surface area contributed by atoms with Crippen molar-refractivity contribution in [3.8, 4) is 17.2 Å². The van der Waals surface area contributed by atoms with Crippen molar-refractivity contribution in [3.05, 3.63) is 113 Å². The first-order chi connectivity index (χ1) is 23.4. The Labute approximate surface area is 293 Å². The molecule has 0 unspecified atom stereocenters. The number of hydrogen-bond donors (Lipinski definition) is 1. The molecule has 0 saturated carbocycles. The van der Waals surface area contributed by atoms with Gasteiger partial charge in [-0.25, -0.2) is 8.42 Å². The molecule has 0 saturated heterocycles. The number of ether oxygens (including phenoxy) is 3. The summed E-state index contributed by atoms with van der Waals surface area (Å²) in [5, 5.41) is 3.18. The minimum atomic E-state index is -4.48. The van der Waals surface area contributed by atoms with Crippen LogP contribution in [0.15, 0.2) is 95.9 Å². The van der Waals surface area contributed by atoms with Crippen molar-refractivity contribution in [2.45, 2.75) is 50.7 Å². The van der Waals surface area contributed by atoms with E-state index in [1.807, 2.05) is 75.4 Å². The molecule has 2 amide bonds. The highest BCUT2D eigenvalue weighted by molar-refractivity contribution is 7.92. The third-order valence-electron chi connectivity index (χ3n) is 7.81. The van der Waals surface area contributed by atoms with Crippen LogP contribution in [0.2, 0.25) is 5.02 Å². The number of rotatable bonds is 15. The van der Waals surface area contributed by atoms with Gasteiger partial charge in [-0.1, -0.05) is 71.8 Å². The average molecular weight is 708 g/mol. The molecule has 0 bridgehead atoms. The van der Waals surface area contributed by atoms with E-state index >= 15 is 0 Å². The van der Waals surface area contributed by atoms with Gasteiger partial charge in [0.2, 0.25) is 11.8 Å². The third kappa shape index (κ3) is 9.24. The first-order valence-corrected chi connectivity index (χ1v) is 17.5. The second kappa shape index (κ2) is 16.6. The number of hydrogen-bond acceptors (Lipinski definition) is 7. The number of methoxy groups -OCH3 is 3. The van der Waals surface area contributed by atoms with E-state index in [-0.39, 0.29) is 52.0 Å². The van der Waals surface area contributed by atoms with Gasteiger partial charge in [-0.3, -0.25) is 13.9 Å². The van der Waals surface area contributed by atoms with Crippen LogP contribution < -0.4 is 23.8 Å². The number of anilines is 1. The maximum absolute atomic E-state index is 14.7. The SMILES string of the molecule is COc1ccc(S(=O)(=O)N(CC(=O)N(Cc2ccc(C)cc2)[C@@H](Cc2ccccc2)C(=O)NC(C)C)c2cc(Cl)ccc2OC)cc1OC. The van der Waals surface area contributed by atoms with Gasteiger partial charge in [-0.05, 0) is 62.2 Å². The molecule has 4 aromatic carbocycles. The van der Waals surface area contributed by atoms with Crippen molar-refractivity contribution in [2.75, 3.05) is 32.2 Å². The molecule has 0 fully saturated rings. The Morgan fingerprint density at radius 1 is 0.796 bits per heavy atom. The summed E-state index contributed by atoms with van der Waals surface area (Å²) in [7, 11) is -0.248. The van der Waals surface area contributed by atoms with Crippen LogP contribution in [0.5, 0.6) is 17.2 Å². The van der Waals surface area contributed by atoms with Crippen LogP contribution in [0.25, 0.3) is 0 Å². The predicted molar refractivity (Wildman–Crippen MR) is 191 cm³/mol. The van der Waals surface area contributed by atoms with E-state index in [1.54, 1.807) is 6.07 Å². The van der Waals surface area contributed by atoms with Crippen LogP contribution in [0.4, 0.5) is 5.69 Å². The number of carbonyl (C=O) groups is 2.